The Morgan fingerprint density at radius 1 is 1.39 bits per heavy atom. The molecule has 3 N–H and O–H groups in total. The zero-order chi connectivity index (χ0) is 17.0. The molecule has 0 aromatic heterocycles. The molecule has 1 heterocycles. The van der Waals surface area contributed by atoms with Gasteiger partial charge in [-0.15, -0.1) is 0 Å². The minimum Gasteiger partial charge on any atom is -0.508 e. The maximum absolute atomic E-state index is 12.0. The predicted molar refractivity (Wildman–Crippen MR) is 89.5 cm³/mol. The number of carbonyl (C=O) groups is 2. The lowest BCUT2D eigenvalue weighted by atomic mass is 9.94. The number of carboxylic acid groups (broad SMARTS) is 1. The number of Topliss-reactive ketones (excluding diaryl/α,β-unsaturated/α-hetero) is 1. The van der Waals surface area contributed by atoms with E-state index in [-0.39, 0.29) is 18.0 Å². The van der Waals surface area contributed by atoms with Crippen LogP contribution in [0.3, 0.4) is 0 Å². The van der Waals surface area contributed by atoms with Gasteiger partial charge in [0.2, 0.25) is 0 Å². The van der Waals surface area contributed by atoms with Crippen molar-refractivity contribution < 1.29 is 19.8 Å². The van der Waals surface area contributed by atoms with E-state index in [0.29, 0.717) is 27.8 Å². The second-order valence-corrected chi connectivity index (χ2v) is 6.23. The van der Waals surface area contributed by atoms with E-state index >= 15 is 0 Å². The number of hydrogen-bond acceptors (Lipinski definition) is 6. The summed E-state index contributed by atoms with van der Waals surface area (Å²) in [5.41, 5.74) is 1.95. The predicted octanol–water partition coefficient (Wildman–Crippen LogP) is 2.46. The summed E-state index contributed by atoms with van der Waals surface area (Å²) in [6.07, 6.45) is 0.0322. The molecule has 0 radical (unpaired) electrons. The van der Waals surface area contributed by atoms with Crippen LogP contribution in [0.4, 0.5) is 0 Å². The summed E-state index contributed by atoms with van der Waals surface area (Å²) in [5, 5.41) is 22.0. The van der Waals surface area contributed by atoms with E-state index in [2.05, 4.69) is 10.3 Å². The van der Waals surface area contributed by atoms with Gasteiger partial charge in [0.05, 0.1) is 6.42 Å². The Kier molecular flexibility index (Phi) is 5.44. The molecule has 6 nitrogen and oxygen atoms in total. The molecule has 1 aromatic carbocycles. The van der Waals surface area contributed by atoms with Crippen molar-refractivity contribution in [2.75, 3.05) is 5.75 Å². The summed E-state index contributed by atoms with van der Waals surface area (Å²) in [6.45, 7) is 3.27. The number of aliphatic carboxylic acids is 1. The molecule has 1 aliphatic rings. The van der Waals surface area contributed by atoms with Crippen LogP contribution in [-0.4, -0.2) is 32.9 Å². The van der Waals surface area contributed by atoms with E-state index in [4.69, 9.17) is 5.11 Å². The van der Waals surface area contributed by atoms with Crippen LogP contribution in [0.25, 0.3) is 0 Å². The number of ketones is 1. The second-order valence-electron chi connectivity index (χ2n) is 5.14. The van der Waals surface area contributed by atoms with Gasteiger partial charge in [-0.25, -0.2) is 4.99 Å². The number of thioether (sulfide) groups is 1. The number of carboxylic acids is 1. The van der Waals surface area contributed by atoms with Crippen molar-refractivity contribution in [3.8, 4) is 5.75 Å². The van der Waals surface area contributed by atoms with Crippen molar-refractivity contribution in [3.63, 3.8) is 0 Å². The number of amidine groups is 1. The number of aromatic hydroxyl groups is 1. The number of carbonyl (C=O) groups excluding carboxylic acids is 1. The molecule has 0 amide bonds. The SMILES string of the molecule is CC(=O)C1=C(C)NC(SCCC(=O)O)=NC1c1cccc(O)c1. The first kappa shape index (κ1) is 17.1. The van der Waals surface area contributed by atoms with Crippen LogP contribution in [0.15, 0.2) is 40.5 Å². The van der Waals surface area contributed by atoms with Gasteiger partial charge >= 0.3 is 5.97 Å². The fraction of sp³-hybridized carbons (Fsp3) is 0.312. The van der Waals surface area contributed by atoms with E-state index in [1.165, 1.54) is 18.7 Å². The van der Waals surface area contributed by atoms with Gasteiger partial charge in [0.1, 0.15) is 11.8 Å². The molecule has 0 saturated heterocycles. The molecule has 0 spiro atoms. The normalized spacial score (nSPS) is 17.5. The third-order valence-corrected chi connectivity index (χ3v) is 4.23. The molecule has 2 rings (SSSR count). The Bertz CT molecular complexity index is 697. The first-order chi connectivity index (χ1) is 10.9. The van der Waals surface area contributed by atoms with E-state index in [0.717, 1.165) is 0 Å². The summed E-state index contributed by atoms with van der Waals surface area (Å²) in [7, 11) is 0. The van der Waals surface area contributed by atoms with Crippen molar-refractivity contribution in [3.05, 3.63) is 41.1 Å². The minimum absolute atomic E-state index is 0.0322. The van der Waals surface area contributed by atoms with Gasteiger partial charge in [-0.2, -0.15) is 0 Å². The molecule has 122 valence electrons. The first-order valence-electron chi connectivity index (χ1n) is 7.08. The highest BCUT2D eigenvalue weighted by Gasteiger charge is 2.27. The van der Waals surface area contributed by atoms with Crippen molar-refractivity contribution in [1.82, 2.24) is 5.32 Å². The van der Waals surface area contributed by atoms with Gasteiger partial charge in [-0.3, -0.25) is 9.59 Å². The highest BCUT2D eigenvalue weighted by atomic mass is 32.2. The summed E-state index contributed by atoms with van der Waals surface area (Å²) in [4.78, 5) is 27.1. The monoisotopic (exact) mass is 334 g/mol. The van der Waals surface area contributed by atoms with E-state index in [1.807, 2.05) is 0 Å². The van der Waals surface area contributed by atoms with Gasteiger partial charge < -0.3 is 15.5 Å². The van der Waals surface area contributed by atoms with Crippen molar-refractivity contribution in [2.45, 2.75) is 26.3 Å². The maximum atomic E-state index is 12.0. The molecule has 1 unspecified atom stereocenters. The van der Waals surface area contributed by atoms with Gasteiger partial charge in [0.25, 0.3) is 0 Å². The number of aliphatic imine (C=N–C) groups is 1. The number of allylic oxidation sites excluding steroid dienone is 1. The van der Waals surface area contributed by atoms with Crippen LogP contribution in [0, 0.1) is 0 Å². The van der Waals surface area contributed by atoms with E-state index < -0.39 is 12.0 Å². The standard InChI is InChI=1S/C16H18N2O4S/c1-9-14(10(2)19)15(11-4-3-5-12(20)8-11)18-16(17-9)23-7-6-13(21)22/h3-5,8,15,20H,6-7H2,1-2H3,(H,17,18)(H,21,22). The first-order valence-corrected chi connectivity index (χ1v) is 8.07. The fourth-order valence-electron chi connectivity index (χ4n) is 2.35. The topological polar surface area (TPSA) is 99.0 Å². The maximum Gasteiger partial charge on any atom is 0.304 e. The smallest absolute Gasteiger partial charge is 0.304 e. The van der Waals surface area contributed by atoms with Gasteiger partial charge in [-0.05, 0) is 31.5 Å². The molecule has 1 aliphatic heterocycles. The fourth-order valence-corrected chi connectivity index (χ4v) is 3.22. The van der Waals surface area contributed by atoms with Gasteiger partial charge in [-0.1, -0.05) is 23.9 Å². The molecule has 0 saturated carbocycles. The third-order valence-electron chi connectivity index (χ3n) is 3.34. The zero-order valence-electron chi connectivity index (χ0n) is 12.9. The van der Waals surface area contributed by atoms with Crippen molar-refractivity contribution >= 4 is 28.7 Å². The Labute approximate surface area is 138 Å². The molecular weight excluding hydrogens is 316 g/mol. The summed E-state index contributed by atoms with van der Waals surface area (Å²) in [5.74, 6) is -0.468. The molecule has 7 heteroatoms. The van der Waals surface area contributed by atoms with Crippen LogP contribution >= 0.6 is 11.8 Å². The molecule has 0 fully saturated rings. The lowest BCUT2D eigenvalue weighted by Gasteiger charge is -2.25. The quantitative estimate of drug-likeness (QED) is 0.765. The molecule has 1 aromatic rings. The number of nitrogens with one attached hydrogen (secondary N) is 1. The number of phenols is 1. The Balaban J connectivity index is 2.31. The summed E-state index contributed by atoms with van der Waals surface area (Å²) >= 11 is 1.30. The number of rotatable bonds is 5. The van der Waals surface area contributed by atoms with Crippen LogP contribution in [0.1, 0.15) is 31.9 Å². The van der Waals surface area contributed by atoms with Crippen LogP contribution < -0.4 is 5.32 Å². The van der Waals surface area contributed by atoms with E-state index in [9.17, 15) is 14.7 Å². The van der Waals surface area contributed by atoms with Crippen LogP contribution in [0.2, 0.25) is 0 Å². The van der Waals surface area contributed by atoms with Crippen LogP contribution in [0.5, 0.6) is 5.75 Å². The molecular formula is C16H18N2O4S. The molecule has 0 bridgehead atoms. The molecule has 23 heavy (non-hydrogen) atoms. The van der Waals surface area contributed by atoms with Crippen molar-refractivity contribution in [1.29, 1.82) is 0 Å². The Morgan fingerprint density at radius 2 is 2.13 bits per heavy atom. The lowest BCUT2D eigenvalue weighted by Crippen LogP contribution is -2.29. The number of phenolic OH excluding ortho intramolecular Hbond substituents is 1. The number of benzene rings is 1. The average Bonchev–Trinajstić information content (AvgIpc) is 2.45. The highest BCUT2D eigenvalue weighted by molar-refractivity contribution is 8.13. The number of hydrogen-bond donors (Lipinski definition) is 3. The Morgan fingerprint density at radius 3 is 2.74 bits per heavy atom. The van der Waals surface area contributed by atoms with Gasteiger partial charge in [0.15, 0.2) is 11.0 Å². The number of nitrogens with zero attached hydrogens (tertiary/aromatic N) is 1. The van der Waals surface area contributed by atoms with Gasteiger partial charge in [0, 0.05) is 17.0 Å². The average molecular weight is 334 g/mol. The largest absolute Gasteiger partial charge is 0.508 e. The third kappa shape index (κ3) is 4.35. The van der Waals surface area contributed by atoms with Crippen molar-refractivity contribution in [2.24, 2.45) is 4.99 Å². The molecule has 0 aliphatic carbocycles. The second kappa shape index (κ2) is 7.32. The molecule has 1 atom stereocenters. The van der Waals surface area contributed by atoms with Crippen LogP contribution in [-0.2, 0) is 9.59 Å². The minimum atomic E-state index is -0.866. The lowest BCUT2D eigenvalue weighted by molar-refractivity contribution is -0.136. The summed E-state index contributed by atoms with van der Waals surface area (Å²) in [6, 6.07) is 6.13. The Hall–Kier alpha value is -2.28. The van der Waals surface area contributed by atoms with E-state index in [1.54, 1.807) is 31.2 Å². The zero-order valence-corrected chi connectivity index (χ0v) is 13.7. The highest BCUT2D eigenvalue weighted by Crippen LogP contribution is 2.33. The summed E-state index contributed by atoms with van der Waals surface area (Å²) < 4.78 is 0.